The highest BCUT2D eigenvalue weighted by Gasteiger charge is 2.29. The van der Waals surface area contributed by atoms with Gasteiger partial charge in [0, 0.05) is 38.9 Å². The van der Waals surface area contributed by atoms with E-state index in [4.69, 9.17) is 0 Å². The third-order valence-electron chi connectivity index (χ3n) is 5.19. The van der Waals surface area contributed by atoms with E-state index < -0.39 is 0 Å². The molecule has 5 nitrogen and oxygen atoms in total. The molecule has 1 N–H and O–H groups in total. The van der Waals surface area contributed by atoms with Crippen LogP contribution in [0.4, 0.5) is 0 Å². The summed E-state index contributed by atoms with van der Waals surface area (Å²) in [5.74, 6) is -0.188. The fourth-order valence-corrected chi connectivity index (χ4v) is 3.70. The van der Waals surface area contributed by atoms with Crippen LogP contribution in [-0.4, -0.2) is 48.4 Å². The highest BCUT2D eigenvalue weighted by molar-refractivity contribution is 5.97. The second-order valence-corrected chi connectivity index (χ2v) is 7.18. The topological polar surface area (TPSA) is 59.4 Å². The fourth-order valence-electron chi connectivity index (χ4n) is 3.70. The highest BCUT2D eigenvalue weighted by Crippen LogP contribution is 2.29. The van der Waals surface area contributed by atoms with E-state index in [0.717, 1.165) is 26.1 Å². The van der Waals surface area contributed by atoms with Crippen LogP contribution < -0.4 is 5.32 Å². The number of nitrogens with one attached hydrogen (secondary N) is 1. The lowest BCUT2D eigenvalue weighted by atomic mass is 9.96. The molecule has 0 spiro atoms. The van der Waals surface area contributed by atoms with Gasteiger partial charge in [-0.3, -0.25) is 9.69 Å². The van der Waals surface area contributed by atoms with E-state index in [1.807, 2.05) is 25.1 Å². The molecule has 0 radical (unpaired) electrons. The molecule has 0 aromatic heterocycles. The molecule has 1 amide bonds. The summed E-state index contributed by atoms with van der Waals surface area (Å²) in [7, 11) is 0. The van der Waals surface area contributed by atoms with Crippen molar-refractivity contribution in [1.82, 2.24) is 15.1 Å². The largest absolute Gasteiger partial charge is 0.390 e. The maximum Gasteiger partial charge on any atom is 0.266 e. The molecule has 29 heavy (non-hydrogen) atoms. The summed E-state index contributed by atoms with van der Waals surface area (Å²) in [5, 5.41) is 12.4. The second kappa shape index (κ2) is 10.4. The van der Waals surface area contributed by atoms with Crippen LogP contribution in [-0.2, 0) is 4.79 Å². The van der Waals surface area contributed by atoms with Gasteiger partial charge in [0.15, 0.2) is 0 Å². The Labute approximate surface area is 173 Å². The van der Waals surface area contributed by atoms with E-state index in [1.54, 1.807) is 11.1 Å². The van der Waals surface area contributed by atoms with Crippen LogP contribution in [0.2, 0.25) is 0 Å². The van der Waals surface area contributed by atoms with Gasteiger partial charge in [0.05, 0.1) is 6.04 Å². The Hall–Kier alpha value is -3.10. The zero-order chi connectivity index (χ0) is 20.5. The Bertz CT molecular complexity index is 810. The van der Waals surface area contributed by atoms with E-state index in [-0.39, 0.29) is 17.5 Å². The predicted octanol–water partition coefficient (Wildman–Crippen LogP) is 3.33. The van der Waals surface area contributed by atoms with Crippen LogP contribution >= 0.6 is 0 Å². The molecule has 0 aliphatic carbocycles. The minimum Gasteiger partial charge on any atom is -0.390 e. The van der Waals surface area contributed by atoms with Gasteiger partial charge in [0.1, 0.15) is 11.6 Å². The summed E-state index contributed by atoms with van der Waals surface area (Å²) in [6, 6.07) is 23.2. The average molecular weight is 389 g/mol. The maximum absolute atomic E-state index is 12.7. The quantitative estimate of drug-likeness (QED) is 0.449. The number of piperazine rings is 1. The van der Waals surface area contributed by atoms with Gasteiger partial charge < -0.3 is 10.2 Å². The first kappa shape index (κ1) is 20.6. The SMILES string of the molecule is CCCN/C=C(/C#N)C(=O)N1CCN(C(c2ccccc2)c2ccccc2)CC1. The van der Waals surface area contributed by atoms with Crippen LogP contribution in [0.5, 0.6) is 0 Å². The molecule has 150 valence electrons. The van der Waals surface area contributed by atoms with Gasteiger partial charge in [-0.05, 0) is 17.5 Å². The van der Waals surface area contributed by atoms with Crippen molar-refractivity contribution < 1.29 is 4.79 Å². The molecule has 1 saturated heterocycles. The van der Waals surface area contributed by atoms with Crippen molar-refractivity contribution in [1.29, 1.82) is 5.26 Å². The molecular weight excluding hydrogens is 360 g/mol. The summed E-state index contributed by atoms with van der Waals surface area (Å²) in [4.78, 5) is 16.9. The third kappa shape index (κ3) is 5.24. The van der Waals surface area contributed by atoms with E-state index in [1.165, 1.54) is 11.1 Å². The lowest BCUT2D eigenvalue weighted by Crippen LogP contribution is -2.50. The van der Waals surface area contributed by atoms with Crippen LogP contribution in [0.1, 0.15) is 30.5 Å². The minimum atomic E-state index is -0.188. The first-order valence-electron chi connectivity index (χ1n) is 10.2. The Kier molecular flexibility index (Phi) is 7.43. The molecule has 5 heteroatoms. The van der Waals surface area contributed by atoms with Gasteiger partial charge in [-0.1, -0.05) is 67.6 Å². The Morgan fingerprint density at radius 3 is 2.07 bits per heavy atom. The van der Waals surface area contributed by atoms with E-state index in [9.17, 15) is 10.1 Å². The molecule has 1 aliphatic rings. The Morgan fingerprint density at radius 1 is 1.03 bits per heavy atom. The molecule has 2 aromatic carbocycles. The summed E-state index contributed by atoms with van der Waals surface area (Å²) in [6.07, 6.45) is 2.50. The fraction of sp³-hybridized carbons (Fsp3) is 0.333. The molecule has 2 aromatic rings. The van der Waals surface area contributed by atoms with Crippen molar-refractivity contribution in [3.05, 3.63) is 83.6 Å². The van der Waals surface area contributed by atoms with Crippen molar-refractivity contribution in [3.63, 3.8) is 0 Å². The summed E-state index contributed by atoms with van der Waals surface area (Å²) in [6.45, 7) is 5.55. The van der Waals surface area contributed by atoms with Crippen molar-refractivity contribution in [2.24, 2.45) is 0 Å². The predicted molar refractivity (Wildman–Crippen MR) is 115 cm³/mol. The highest BCUT2D eigenvalue weighted by atomic mass is 16.2. The van der Waals surface area contributed by atoms with E-state index in [0.29, 0.717) is 13.1 Å². The first-order valence-corrected chi connectivity index (χ1v) is 10.2. The molecule has 0 atom stereocenters. The Morgan fingerprint density at radius 2 is 1.59 bits per heavy atom. The monoisotopic (exact) mass is 388 g/mol. The number of carbonyl (C=O) groups is 1. The number of carbonyl (C=O) groups excluding carboxylic acids is 1. The molecule has 0 saturated carbocycles. The number of hydrogen-bond acceptors (Lipinski definition) is 4. The zero-order valence-electron chi connectivity index (χ0n) is 16.9. The lowest BCUT2D eigenvalue weighted by Gasteiger charge is -2.39. The summed E-state index contributed by atoms with van der Waals surface area (Å²) < 4.78 is 0. The van der Waals surface area contributed by atoms with Crippen LogP contribution in [0.3, 0.4) is 0 Å². The molecule has 1 heterocycles. The normalized spacial score (nSPS) is 15.2. The van der Waals surface area contributed by atoms with Crippen molar-refractivity contribution in [3.8, 4) is 6.07 Å². The molecule has 0 unspecified atom stereocenters. The number of hydrogen-bond donors (Lipinski definition) is 1. The van der Waals surface area contributed by atoms with Gasteiger partial charge in [-0.2, -0.15) is 5.26 Å². The van der Waals surface area contributed by atoms with Gasteiger partial charge in [0.25, 0.3) is 5.91 Å². The van der Waals surface area contributed by atoms with E-state index >= 15 is 0 Å². The van der Waals surface area contributed by atoms with E-state index in [2.05, 4.69) is 58.7 Å². The first-order chi connectivity index (χ1) is 14.2. The number of nitrogens with zero attached hydrogens (tertiary/aromatic N) is 3. The molecular formula is C24H28N4O. The second-order valence-electron chi connectivity index (χ2n) is 7.18. The Balaban J connectivity index is 1.71. The summed E-state index contributed by atoms with van der Waals surface area (Å²) >= 11 is 0. The van der Waals surface area contributed by atoms with Gasteiger partial charge in [0.2, 0.25) is 0 Å². The smallest absolute Gasteiger partial charge is 0.266 e. The maximum atomic E-state index is 12.7. The van der Waals surface area contributed by atoms with Gasteiger partial charge >= 0.3 is 0 Å². The van der Waals surface area contributed by atoms with Crippen LogP contribution in [0, 0.1) is 11.3 Å². The molecule has 0 bridgehead atoms. The molecule has 3 rings (SSSR count). The van der Waals surface area contributed by atoms with Crippen molar-refractivity contribution >= 4 is 5.91 Å². The molecule has 1 fully saturated rings. The average Bonchev–Trinajstić information content (AvgIpc) is 2.78. The molecule has 1 aliphatic heterocycles. The number of benzene rings is 2. The van der Waals surface area contributed by atoms with Crippen LogP contribution in [0.25, 0.3) is 0 Å². The van der Waals surface area contributed by atoms with Crippen molar-refractivity contribution in [2.45, 2.75) is 19.4 Å². The number of nitriles is 1. The third-order valence-corrected chi connectivity index (χ3v) is 5.19. The lowest BCUT2D eigenvalue weighted by molar-refractivity contribution is -0.128. The summed E-state index contributed by atoms with van der Waals surface area (Å²) in [5.41, 5.74) is 2.68. The number of amides is 1. The van der Waals surface area contributed by atoms with Gasteiger partial charge in [-0.15, -0.1) is 0 Å². The van der Waals surface area contributed by atoms with Crippen LogP contribution in [0.15, 0.2) is 72.4 Å². The number of rotatable bonds is 7. The zero-order valence-corrected chi connectivity index (χ0v) is 16.9. The van der Waals surface area contributed by atoms with Gasteiger partial charge in [-0.25, -0.2) is 0 Å². The van der Waals surface area contributed by atoms with Crippen molar-refractivity contribution in [2.75, 3.05) is 32.7 Å². The minimum absolute atomic E-state index is 0.159. The standard InChI is InChI=1S/C24H28N4O/c1-2-13-26-19-22(18-25)24(29)28-16-14-27(15-17-28)23(20-9-5-3-6-10-20)21-11-7-4-8-12-21/h3-12,19,23,26H,2,13-17H2,1H3/b22-19-.